The summed E-state index contributed by atoms with van der Waals surface area (Å²) < 4.78 is 11.1. The second-order valence-electron chi connectivity index (χ2n) is 6.34. The summed E-state index contributed by atoms with van der Waals surface area (Å²) in [6.07, 6.45) is 0. The number of aryl methyl sites for hydroxylation is 1. The van der Waals surface area contributed by atoms with E-state index >= 15 is 0 Å². The van der Waals surface area contributed by atoms with Gasteiger partial charge in [-0.25, -0.2) is 4.79 Å². The number of anilines is 1. The van der Waals surface area contributed by atoms with E-state index in [9.17, 15) is 14.4 Å². The van der Waals surface area contributed by atoms with Gasteiger partial charge in [0.25, 0.3) is 11.3 Å². The van der Waals surface area contributed by atoms with Gasteiger partial charge in [-0.3, -0.25) is 14.2 Å². The van der Waals surface area contributed by atoms with Crippen LogP contribution in [0.2, 0.25) is 5.02 Å². The Morgan fingerprint density at radius 3 is 2.76 bits per heavy atom. The zero-order valence-electron chi connectivity index (χ0n) is 16.3. The van der Waals surface area contributed by atoms with Gasteiger partial charge in [0.05, 0.1) is 6.61 Å². The minimum absolute atomic E-state index is 0.0925. The molecule has 1 N–H and O–H groups in total. The molecule has 0 spiro atoms. The number of carbonyl (C=O) groups is 2. The molecular weight excluding hydrogens is 400 g/mol. The van der Waals surface area contributed by atoms with Gasteiger partial charge in [-0.1, -0.05) is 22.8 Å². The van der Waals surface area contributed by atoms with Gasteiger partial charge < -0.3 is 14.6 Å². The number of esters is 1. The van der Waals surface area contributed by atoms with Gasteiger partial charge in [-0.15, -0.1) is 0 Å². The Morgan fingerprint density at radius 1 is 1.34 bits per heavy atom. The number of hydrogen-bond donors (Lipinski definition) is 1. The number of nitrogens with zero attached hydrogens (tertiary/aromatic N) is 3. The molecule has 1 aromatic carbocycles. The van der Waals surface area contributed by atoms with Crippen molar-refractivity contribution in [2.75, 3.05) is 11.9 Å². The molecule has 10 heteroatoms. The van der Waals surface area contributed by atoms with E-state index in [0.29, 0.717) is 16.3 Å². The van der Waals surface area contributed by atoms with Crippen LogP contribution in [0.3, 0.4) is 0 Å². The molecule has 0 saturated carbocycles. The number of fused-ring (bicyclic) bond motifs is 1. The summed E-state index contributed by atoms with van der Waals surface area (Å²) in [5, 5.41) is 6.75. The number of aromatic nitrogens is 3. The summed E-state index contributed by atoms with van der Waals surface area (Å²) in [6.45, 7) is 6.62. The molecule has 0 fully saturated rings. The molecule has 0 radical (unpaired) electrons. The maximum atomic E-state index is 13.1. The fourth-order valence-electron chi connectivity index (χ4n) is 2.91. The van der Waals surface area contributed by atoms with E-state index in [4.69, 9.17) is 20.9 Å². The molecule has 152 valence electrons. The summed E-state index contributed by atoms with van der Waals surface area (Å²) in [7, 11) is 0. The molecule has 0 aliphatic heterocycles. The molecule has 0 aliphatic rings. The number of ether oxygens (including phenoxy) is 1. The molecule has 0 saturated heterocycles. The van der Waals surface area contributed by atoms with Crippen LogP contribution in [0.1, 0.15) is 41.8 Å². The molecule has 2 heterocycles. The van der Waals surface area contributed by atoms with E-state index in [1.807, 2.05) is 0 Å². The molecule has 3 rings (SSSR count). The van der Waals surface area contributed by atoms with Gasteiger partial charge in [0.1, 0.15) is 17.3 Å². The van der Waals surface area contributed by atoms with Crippen molar-refractivity contribution >= 4 is 40.3 Å². The topological polar surface area (TPSA) is 116 Å². The zero-order chi connectivity index (χ0) is 21.3. The van der Waals surface area contributed by atoms with Crippen LogP contribution >= 0.6 is 11.6 Å². The number of nitrogens with one attached hydrogen (secondary N) is 1. The molecule has 0 unspecified atom stereocenters. The van der Waals surface area contributed by atoms with Crippen LogP contribution in [-0.4, -0.2) is 33.2 Å². The highest BCUT2D eigenvalue weighted by atomic mass is 35.5. The van der Waals surface area contributed by atoms with Crippen molar-refractivity contribution in [1.82, 2.24) is 14.7 Å². The van der Waals surface area contributed by atoms with E-state index in [1.165, 1.54) is 4.57 Å². The normalized spacial score (nSPS) is 12.0. The van der Waals surface area contributed by atoms with Gasteiger partial charge in [0, 0.05) is 10.7 Å². The molecule has 3 aromatic rings. The van der Waals surface area contributed by atoms with Crippen molar-refractivity contribution in [2.45, 2.75) is 33.7 Å². The summed E-state index contributed by atoms with van der Waals surface area (Å²) >= 11 is 6.09. The number of amides is 1. The Labute approximate surface area is 170 Å². The van der Waals surface area contributed by atoms with Crippen molar-refractivity contribution in [3.8, 4) is 0 Å². The number of rotatable bonds is 5. The van der Waals surface area contributed by atoms with Gasteiger partial charge in [-0.05, 0) is 45.4 Å². The van der Waals surface area contributed by atoms with Gasteiger partial charge in [0.15, 0.2) is 0 Å². The molecule has 29 heavy (non-hydrogen) atoms. The Bertz CT molecular complexity index is 1170. The molecule has 9 nitrogen and oxygen atoms in total. The number of carbonyl (C=O) groups excluding carboxylic acids is 2. The first-order valence-electron chi connectivity index (χ1n) is 8.87. The summed E-state index contributed by atoms with van der Waals surface area (Å²) in [5.41, 5.74) is 0.251. The first-order chi connectivity index (χ1) is 13.8. The Morgan fingerprint density at radius 2 is 2.07 bits per heavy atom. The van der Waals surface area contributed by atoms with E-state index in [2.05, 4.69) is 15.5 Å². The summed E-state index contributed by atoms with van der Waals surface area (Å²) in [6, 6.07) is 4.21. The van der Waals surface area contributed by atoms with Crippen molar-refractivity contribution in [1.29, 1.82) is 0 Å². The highest BCUT2D eigenvalue weighted by molar-refractivity contribution is 6.31. The van der Waals surface area contributed by atoms with Crippen molar-refractivity contribution in [3.63, 3.8) is 0 Å². The van der Waals surface area contributed by atoms with Gasteiger partial charge in [0.2, 0.25) is 11.6 Å². The quantitative estimate of drug-likeness (QED) is 0.633. The lowest BCUT2D eigenvalue weighted by Crippen LogP contribution is -2.34. The minimum Gasteiger partial charge on any atom is -0.461 e. The van der Waals surface area contributed by atoms with Crippen LogP contribution in [0.5, 0.6) is 0 Å². The monoisotopic (exact) mass is 418 g/mol. The van der Waals surface area contributed by atoms with Crippen molar-refractivity contribution < 1.29 is 18.8 Å². The summed E-state index contributed by atoms with van der Waals surface area (Å²) in [4.78, 5) is 42.1. The maximum absolute atomic E-state index is 13.1. The SMILES string of the molecule is CCOC(=O)c1noc2nc(C)n([C@@H](C)C(=O)Nc3cccc(Cl)c3C)c(=O)c12. The fraction of sp³-hybridized carbons (Fsp3) is 0.316. The Kier molecular flexibility index (Phi) is 5.69. The average molecular weight is 419 g/mol. The fourth-order valence-corrected chi connectivity index (χ4v) is 3.09. The minimum atomic E-state index is -0.928. The predicted octanol–water partition coefficient (Wildman–Crippen LogP) is 3.03. The molecular formula is C19H19ClN4O5. The largest absolute Gasteiger partial charge is 0.461 e. The lowest BCUT2D eigenvalue weighted by atomic mass is 10.2. The van der Waals surface area contributed by atoms with Crippen LogP contribution in [0.25, 0.3) is 11.1 Å². The Hall–Kier alpha value is -3.20. The third kappa shape index (κ3) is 3.73. The lowest BCUT2D eigenvalue weighted by molar-refractivity contribution is -0.118. The molecule has 0 bridgehead atoms. The predicted molar refractivity (Wildman–Crippen MR) is 106 cm³/mol. The highest BCUT2D eigenvalue weighted by Crippen LogP contribution is 2.24. The second kappa shape index (κ2) is 8.04. The molecule has 1 atom stereocenters. The van der Waals surface area contributed by atoms with Crippen LogP contribution < -0.4 is 10.9 Å². The number of hydrogen-bond acceptors (Lipinski definition) is 7. The number of halogens is 1. The summed E-state index contributed by atoms with van der Waals surface area (Å²) in [5.74, 6) is -1.01. The third-order valence-electron chi connectivity index (χ3n) is 4.48. The second-order valence-corrected chi connectivity index (χ2v) is 6.75. The average Bonchev–Trinajstić information content (AvgIpc) is 3.09. The molecule has 2 aromatic heterocycles. The van der Waals surface area contributed by atoms with Gasteiger partial charge >= 0.3 is 5.97 Å². The van der Waals surface area contributed by atoms with Crippen LogP contribution in [0.15, 0.2) is 27.5 Å². The molecule has 1 amide bonds. The first-order valence-corrected chi connectivity index (χ1v) is 9.25. The maximum Gasteiger partial charge on any atom is 0.361 e. The smallest absolute Gasteiger partial charge is 0.361 e. The van der Waals surface area contributed by atoms with E-state index in [-0.39, 0.29) is 29.2 Å². The number of benzene rings is 1. The van der Waals surface area contributed by atoms with Crippen LogP contribution in [0.4, 0.5) is 5.69 Å². The van der Waals surface area contributed by atoms with Crippen molar-refractivity contribution in [3.05, 3.63) is 50.7 Å². The van der Waals surface area contributed by atoms with E-state index in [1.54, 1.807) is 45.9 Å². The molecule has 0 aliphatic carbocycles. The first kappa shape index (κ1) is 20.5. The lowest BCUT2D eigenvalue weighted by Gasteiger charge is -2.18. The van der Waals surface area contributed by atoms with Crippen molar-refractivity contribution in [2.24, 2.45) is 0 Å². The van der Waals surface area contributed by atoms with E-state index in [0.717, 1.165) is 0 Å². The highest BCUT2D eigenvalue weighted by Gasteiger charge is 2.27. The van der Waals surface area contributed by atoms with Gasteiger partial charge in [-0.2, -0.15) is 4.98 Å². The van der Waals surface area contributed by atoms with Crippen LogP contribution in [0, 0.1) is 13.8 Å². The van der Waals surface area contributed by atoms with Crippen LogP contribution in [-0.2, 0) is 9.53 Å². The zero-order valence-corrected chi connectivity index (χ0v) is 17.0. The standard InChI is InChI=1S/C19H19ClN4O5/c1-5-28-19(27)15-14-17(29-23-15)21-11(4)24(18(14)26)10(3)16(25)22-13-8-6-7-12(20)9(13)2/h6-8,10H,5H2,1-4H3,(H,22,25)/t10-/m0/s1. The van der Waals surface area contributed by atoms with E-state index < -0.39 is 23.5 Å². The third-order valence-corrected chi connectivity index (χ3v) is 4.89. The Balaban J connectivity index is 2.03.